The first-order valence-electron chi connectivity index (χ1n) is 5.14. The molecule has 0 saturated heterocycles. The van der Waals surface area contributed by atoms with Crippen LogP contribution in [0.15, 0.2) is 18.3 Å². The lowest BCUT2D eigenvalue weighted by molar-refractivity contribution is -0.144. The van der Waals surface area contributed by atoms with E-state index in [0.717, 1.165) is 5.56 Å². The van der Waals surface area contributed by atoms with Crippen molar-refractivity contribution in [2.24, 2.45) is 0 Å². The molecule has 0 aliphatic carbocycles. The molecule has 1 N–H and O–H groups in total. The monoisotopic (exact) mass is 239 g/mol. The SMILES string of the molecule is CCOC(=O)C1SCc2cccnc2C1O. The number of esters is 1. The molecule has 16 heavy (non-hydrogen) atoms. The van der Waals surface area contributed by atoms with Crippen LogP contribution in [-0.2, 0) is 15.3 Å². The minimum Gasteiger partial charge on any atom is -0.465 e. The highest BCUT2D eigenvalue weighted by atomic mass is 32.2. The summed E-state index contributed by atoms with van der Waals surface area (Å²) in [6, 6.07) is 3.75. The fourth-order valence-electron chi connectivity index (χ4n) is 1.67. The number of carbonyl (C=O) groups excluding carboxylic acids is 1. The van der Waals surface area contributed by atoms with E-state index in [-0.39, 0.29) is 5.97 Å². The van der Waals surface area contributed by atoms with Gasteiger partial charge in [0, 0.05) is 11.9 Å². The van der Waals surface area contributed by atoms with Crippen LogP contribution in [0.1, 0.15) is 24.3 Å². The number of aliphatic hydroxyl groups excluding tert-OH is 1. The second kappa shape index (κ2) is 4.84. The van der Waals surface area contributed by atoms with E-state index in [9.17, 15) is 9.90 Å². The van der Waals surface area contributed by atoms with Crippen LogP contribution in [0.25, 0.3) is 0 Å². The number of aliphatic hydroxyl groups is 1. The quantitative estimate of drug-likeness (QED) is 0.788. The molecule has 86 valence electrons. The van der Waals surface area contributed by atoms with Crippen molar-refractivity contribution in [3.05, 3.63) is 29.6 Å². The molecule has 0 radical (unpaired) electrons. The molecule has 1 aromatic heterocycles. The zero-order chi connectivity index (χ0) is 11.5. The van der Waals surface area contributed by atoms with Gasteiger partial charge in [-0.25, -0.2) is 0 Å². The summed E-state index contributed by atoms with van der Waals surface area (Å²) >= 11 is 1.40. The van der Waals surface area contributed by atoms with Gasteiger partial charge in [-0.05, 0) is 18.6 Å². The molecule has 0 aromatic carbocycles. The van der Waals surface area contributed by atoms with Crippen molar-refractivity contribution in [2.45, 2.75) is 24.0 Å². The predicted molar refractivity (Wildman–Crippen MR) is 60.9 cm³/mol. The van der Waals surface area contributed by atoms with Gasteiger partial charge in [0.1, 0.15) is 11.4 Å². The lowest BCUT2D eigenvalue weighted by atomic mass is 10.1. The topological polar surface area (TPSA) is 59.4 Å². The minimum atomic E-state index is -0.867. The number of hydrogen-bond donors (Lipinski definition) is 1. The standard InChI is InChI=1S/C11H13NO3S/c1-2-15-11(14)10-9(13)8-7(6-16-10)4-3-5-12-8/h3-5,9-10,13H,2,6H2,1H3. The molecular weight excluding hydrogens is 226 g/mol. The second-order valence-electron chi connectivity index (χ2n) is 3.48. The Balaban J connectivity index is 2.21. The van der Waals surface area contributed by atoms with Crippen LogP contribution in [0.3, 0.4) is 0 Å². The summed E-state index contributed by atoms with van der Waals surface area (Å²) in [7, 11) is 0. The maximum absolute atomic E-state index is 11.6. The maximum Gasteiger partial charge on any atom is 0.322 e. The van der Waals surface area contributed by atoms with Gasteiger partial charge in [-0.1, -0.05) is 6.07 Å². The lowest BCUT2D eigenvalue weighted by Gasteiger charge is -2.26. The average Bonchev–Trinajstić information content (AvgIpc) is 2.30. The van der Waals surface area contributed by atoms with Crippen molar-refractivity contribution in [1.82, 2.24) is 4.98 Å². The predicted octanol–water partition coefficient (Wildman–Crippen LogP) is 1.29. The number of rotatable bonds is 2. The van der Waals surface area contributed by atoms with Gasteiger partial charge in [-0.15, -0.1) is 11.8 Å². The number of nitrogens with zero attached hydrogens (tertiary/aromatic N) is 1. The Labute approximate surface area is 98.0 Å². The fraction of sp³-hybridized carbons (Fsp3) is 0.455. The van der Waals surface area contributed by atoms with Crippen molar-refractivity contribution in [2.75, 3.05) is 6.61 Å². The summed E-state index contributed by atoms with van der Waals surface area (Å²) in [5.74, 6) is 0.320. The molecule has 0 amide bonds. The highest BCUT2D eigenvalue weighted by Gasteiger charge is 2.35. The second-order valence-corrected chi connectivity index (χ2v) is 4.61. The van der Waals surface area contributed by atoms with Crippen LogP contribution in [0.5, 0.6) is 0 Å². The Morgan fingerprint density at radius 3 is 3.31 bits per heavy atom. The molecule has 2 rings (SSSR count). The zero-order valence-electron chi connectivity index (χ0n) is 8.92. The van der Waals surface area contributed by atoms with Gasteiger partial charge in [0.05, 0.1) is 12.3 Å². The molecule has 1 aliphatic heterocycles. The van der Waals surface area contributed by atoms with E-state index in [2.05, 4.69) is 4.98 Å². The van der Waals surface area contributed by atoms with Crippen LogP contribution >= 0.6 is 11.8 Å². The van der Waals surface area contributed by atoms with E-state index >= 15 is 0 Å². The maximum atomic E-state index is 11.6. The first kappa shape index (κ1) is 11.4. The molecule has 4 nitrogen and oxygen atoms in total. The molecule has 2 unspecified atom stereocenters. The number of carbonyl (C=O) groups is 1. The van der Waals surface area contributed by atoms with Crippen molar-refractivity contribution >= 4 is 17.7 Å². The highest BCUT2D eigenvalue weighted by Crippen LogP contribution is 2.36. The zero-order valence-corrected chi connectivity index (χ0v) is 9.74. The van der Waals surface area contributed by atoms with Crippen LogP contribution in [0.4, 0.5) is 0 Å². The molecule has 2 heterocycles. The molecular formula is C11H13NO3S. The Morgan fingerprint density at radius 2 is 2.56 bits per heavy atom. The third-order valence-corrected chi connectivity index (χ3v) is 3.72. The number of hydrogen-bond acceptors (Lipinski definition) is 5. The van der Waals surface area contributed by atoms with Crippen molar-refractivity contribution in [3.8, 4) is 0 Å². The summed E-state index contributed by atoms with van der Waals surface area (Å²) in [6.45, 7) is 2.08. The van der Waals surface area contributed by atoms with E-state index in [1.54, 1.807) is 13.1 Å². The van der Waals surface area contributed by atoms with E-state index in [1.807, 2.05) is 12.1 Å². The Morgan fingerprint density at radius 1 is 1.75 bits per heavy atom. The Hall–Kier alpha value is -1.07. The van der Waals surface area contributed by atoms with Gasteiger partial charge in [-0.2, -0.15) is 0 Å². The van der Waals surface area contributed by atoms with E-state index in [4.69, 9.17) is 4.74 Å². The van der Waals surface area contributed by atoms with E-state index in [1.165, 1.54) is 11.8 Å². The van der Waals surface area contributed by atoms with Crippen LogP contribution in [0, 0.1) is 0 Å². The molecule has 0 bridgehead atoms. The largest absolute Gasteiger partial charge is 0.465 e. The molecule has 1 aromatic rings. The summed E-state index contributed by atoms with van der Waals surface area (Å²) in [5, 5.41) is 9.48. The van der Waals surface area contributed by atoms with Gasteiger partial charge >= 0.3 is 5.97 Å². The Kier molecular flexibility index (Phi) is 3.46. The first-order valence-corrected chi connectivity index (χ1v) is 6.19. The molecule has 0 spiro atoms. The number of ether oxygens (including phenoxy) is 1. The van der Waals surface area contributed by atoms with E-state index < -0.39 is 11.4 Å². The van der Waals surface area contributed by atoms with Crippen LogP contribution in [-0.4, -0.2) is 27.9 Å². The average molecular weight is 239 g/mol. The van der Waals surface area contributed by atoms with Crippen molar-refractivity contribution < 1.29 is 14.6 Å². The lowest BCUT2D eigenvalue weighted by Crippen LogP contribution is -2.31. The van der Waals surface area contributed by atoms with Crippen molar-refractivity contribution in [1.29, 1.82) is 0 Å². The number of aromatic nitrogens is 1. The summed E-state index contributed by atoms with van der Waals surface area (Å²) in [4.78, 5) is 15.7. The third-order valence-electron chi connectivity index (χ3n) is 2.43. The van der Waals surface area contributed by atoms with Gasteiger partial charge < -0.3 is 9.84 Å². The number of thioether (sulfide) groups is 1. The smallest absolute Gasteiger partial charge is 0.322 e. The van der Waals surface area contributed by atoms with Crippen LogP contribution in [0.2, 0.25) is 0 Å². The number of fused-ring (bicyclic) bond motifs is 1. The van der Waals surface area contributed by atoms with Crippen molar-refractivity contribution in [3.63, 3.8) is 0 Å². The first-order chi connectivity index (χ1) is 7.74. The molecule has 0 fully saturated rings. The fourth-order valence-corrected chi connectivity index (χ4v) is 2.79. The highest BCUT2D eigenvalue weighted by molar-refractivity contribution is 7.99. The van der Waals surface area contributed by atoms with Gasteiger partial charge in [-0.3, -0.25) is 9.78 Å². The third kappa shape index (κ3) is 2.05. The summed E-state index contributed by atoms with van der Waals surface area (Å²) in [5.41, 5.74) is 1.58. The van der Waals surface area contributed by atoms with Gasteiger partial charge in [0.15, 0.2) is 0 Å². The van der Waals surface area contributed by atoms with Crippen LogP contribution < -0.4 is 0 Å². The summed E-state index contributed by atoms with van der Waals surface area (Å²) < 4.78 is 4.92. The molecule has 0 saturated carbocycles. The van der Waals surface area contributed by atoms with Gasteiger partial charge in [0.2, 0.25) is 0 Å². The molecule has 1 aliphatic rings. The summed E-state index contributed by atoms with van der Waals surface area (Å²) in [6.07, 6.45) is 0.759. The van der Waals surface area contributed by atoms with E-state index in [0.29, 0.717) is 18.1 Å². The molecule has 2 atom stereocenters. The minimum absolute atomic E-state index is 0.331. The number of pyridine rings is 1. The van der Waals surface area contributed by atoms with Gasteiger partial charge in [0.25, 0.3) is 0 Å². The molecule has 5 heteroatoms. The Bertz CT molecular complexity index is 397. The normalized spacial score (nSPS) is 23.6.